The molecule has 1 saturated heterocycles. The Kier molecular flexibility index (Phi) is 3.72. The van der Waals surface area contributed by atoms with Gasteiger partial charge < -0.3 is 14.6 Å². The van der Waals surface area contributed by atoms with Crippen LogP contribution in [-0.2, 0) is 4.74 Å². The first-order valence-corrected chi connectivity index (χ1v) is 6.53. The minimum absolute atomic E-state index is 0.0186. The van der Waals surface area contributed by atoms with Gasteiger partial charge in [0.25, 0.3) is 0 Å². The third-order valence-corrected chi connectivity index (χ3v) is 3.27. The van der Waals surface area contributed by atoms with Crippen LogP contribution in [0.1, 0.15) is 46.1 Å². The standard InChI is InChI=1S/C13H23N3O/c1-4-6-14-12-15-7-8-16(12)11-5-9-17-13(2,3)10-11/h7-8,11H,4-6,9-10H2,1-3H3,(H,14,15). The van der Waals surface area contributed by atoms with Crippen LogP contribution in [0.3, 0.4) is 0 Å². The topological polar surface area (TPSA) is 39.1 Å². The zero-order chi connectivity index (χ0) is 12.3. The van der Waals surface area contributed by atoms with E-state index in [2.05, 4.69) is 41.8 Å². The van der Waals surface area contributed by atoms with Crippen LogP contribution in [0.25, 0.3) is 0 Å². The molecule has 4 heteroatoms. The summed E-state index contributed by atoms with van der Waals surface area (Å²) in [5.74, 6) is 0.995. The predicted octanol–water partition coefficient (Wildman–Crippen LogP) is 2.84. The van der Waals surface area contributed by atoms with Crippen LogP contribution in [0.2, 0.25) is 0 Å². The van der Waals surface area contributed by atoms with Crippen LogP contribution in [0, 0.1) is 0 Å². The summed E-state index contributed by atoms with van der Waals surface area (Å²) in [7, 11) is 0. The summed E-state index contributed by atoms with van der Waals surface area (Å²) in [6.07, 6.45) is 7.18. The van der Waals surface area contributed by atoms with Crippen molar-refractivity contribution in [3.05, 3.63) is 12.4 Å². The Morgan fingerprint density at radius 1 is 1.59 bits per heavy atom. The van der Waals surface area contributed by atoms with Crippen molar-refractivity contribution in [3.8, 4) is 0 Å². The predicted molar refractivity (Wildman–Crippen MR) is 69.3 cm³/mol. The molecule has 4 nitrogen and oxygen atoms in total. The zero-order valence-corrected chi connectivity index (χ0v) is 11.1. The molecule has 0 saturated carbocycles. The van der Waals surface area contributed by atoms with Gasteiger partial charge >= 0.3 is 0 Å². The zero-order valence-electron chi connectivity index (χ0n) is 11.1. The van der Waals surface area contributed by atoms with Gasteiger partial charge in [-0.25, -0.2) is 4.98 Å². The second kappa shape index (κ2) is 5.08. The van der Waals surface area contributed by atoms with Crippen LogP contribution in [0.4, 0.5) is 5.95 Å². The van der Waals surface area contributed by atoms with Gasteiger partial charge in [-0.3, -0.25) is 0 Å². The summed E-state index contributed by atoms with van der Waals surface area (Å²) in [4.78, 5) is 4.39. The first kappa shape index (κ1) is 12.4. The Hall–Kier alpha value is -1.03. The van der Waals surface area contributed by atoms with Crippen molar-refractivity contribution in [3.63, 3.8) is 0 Å². The van der Waals surface area contributed by atoms with Crippen LogP contribution < -0.4 is 5.32 Å². The van der Waals surface area contributed by atoms with Crippen molar-refractivity contribution < 1.29 is 4.74 Å². The van der Waals surface area contributed by atoms with E-state index >= 15 is 0 Å². The van der Waals surface area contributed by atoms with Crippen LogP contribution in [0.5, 0.6) is 0 Å². The molecule has 0 spiro atoms. The quantitative estimate of drug-likeness (QED) is 0.875. The van der Waals surface area contributed by atoms with Gasteiger partial charge in [0.1, 0.15) is 0 Å². The lowest BCUT2D eigenvalue weighted by molar-refractivity contribution is -0.0688. The molecule has 1 aromatic heterocycles. The highest BCUT2D eigenvalue weighted by atomic mass is 16.5. The van der Waals surface area contributed by atoms with Crippen molar-refractivity contribution in [2.45, 2.75) is 51.7 Å². The van der Waals surface area contributed by atoms with Gasteiger partial charge in [0, 0.05) is 31.6 Å². The molecular formula is C13H23N3O. The monoisotopic (exact) mass is 237 g/mol. The first-order valence-electron chi connectivity index (χ1n) is 6.53. The minimum atomic E-state index is -0.0186. The van der Waals surface area contributed by atoms with Crippen molar-refractivity contribution >= 4 is 5.95 Å². The number of nitrogens with zero attached hydrogens (tertiary/aromatic N) is 2. The minimum Gasteiger partial charge on any atom is -0.375 e. The third-order valence-electron chi connectivity index (χ3n) is 3.27. The Morgan fingerprint density at radius 2 is 2.41 bits per heavy atom. The molecule has 0 amide bonds. The summed E-state index contributed by atoms with van der Waals surface area (Å²) in [5, 5.41) is 3.38. The van der Waals surface area contributed by atoms with Crippen molar-refractivity contribution in [2.75, 3.05) is 18.5 Å². The fraction of sp³-hybridized carbons (Fsp3) is 0.769. The smallest absolute Gasteiger partial charge is 0.203 e. The molecule has 17 heavy (non-hydrogen) atoms. The Morgan fingerprint density at radius 3 is 3.12 bits per heavy atom. The van der Waals surface area contributed by atoms with Crippen LogP contribution in [0.15, 0.2) is 12.4 Å². The number of ether oxygens (including phenoxy) is 1. The van der Waals surface area contributed by atoms with Gasteiger partial charge in [-0.05, 0) is 33.1 Å². The molecule has 0 bridgehead atoms. The fourth-order valence-corrected chi connectivity index (χ4v) is 2.42. The number of hydrogen-bond donors (Lipinski definition) is 1. The lowest BCUT2D eigenvalue weighted by Crippen LogP contribution is -2.35. The average Bonchev–Trinajstić information content (AvgIpc) is 2.73. The molecule has 1 N–H and O–H groups in total. The Balaban J connectivity index is 2.08. The highest BCUT2D eigenvalue weighted by Gasteiger charge is 2.30. The number of hydrogen-bond acceptors (Lipinski definition) is 3. The normalized spacial score (nSPS) is 23.6. The maximum absolute atomic E-state index is 5.76. The third kappa shape index (κ3) is 3.00. The largest absolute Gasteiger partial charge is 0.375 e. The lowest BCUT2D eigenvalue weighted by atomic mass is 9.94. The maximum Gasteiger partial charge on any atom is 0.203 e. The highest BCUT2D eigenvalue weighted by Crippen LogP contribution is 2.33. The molecule has 1 atom stereocenters. The molecule has 2 rings (SSSR count). The number of rotatable bonds is 4. The maximum atomic E-state index is 5.76. The van der Waals surface area contributed by atoms with E-state index < -0.39 is 0 Å². The average molecular weight is 237 g/mol. The van der Waals surface area contributed by atoms with Crippen molar-refractivity contribution in [1.82, 2.24) is 9.55 Å². The molecule has 1 fully saturated rings. The van der Waals surface area contributed by atoms with Gasteiger partial charge in [0.2, 0.25) is 5.95 Å². The summed E-state index contributed by atoms with van der Waals surface area (Å²) >= 11 is 0. The lowest BCUT2D eigenvalue weighted by Gasteiger charge is -2.36. The van der Waals surface area contributed by atoms with E-state index in [1.165, 1.54) is 0 Å². The van der Waals surface area contributed by atoms with Gasteiger partial charge in [-0.15, -0.1) is 0 Å². The number of nitrogens with one attached hydrogen (secondary N) is 1. The second-order valence-corrected chi connectivity index (χ2v) is 5.34. The van der Waals surface area contributed by atoms with E-state index in [0.29, 0.717) is 6.04 Å². The molecule has 2 heterocycles. The molecule has 1 aliphatic heterocycles. The Labute approximate surface area is 103 Å². The highest BCUT2D eigenvalue weighted by molar-refractivity contribution is 5.26. The Bertz CT molecular complexity index is 359. The van der Waals surface area contributed by atoms with Crippen molar-refractivity contribution in [2.24, 2.45) is 0 Å². The first-order chi connectivity index (χ1) is 8.12. The molecule has 0 aromatic carbocycles. The number of aromatic nitrogens is 2. The molecular weight excluding hydrogens is 214 g/mol. The van der Waals surface area contributed by atoms with E-state index in [9.17, 15) is 0 Å². The molecule has 1 unspecified atom stereocenters. The number of anilines is 1. The molecule has 1 aromatic rings. The van der Waals surface area contributed by atoms with Gasteiger partial charge in [0.15, 0.2) is 0 Å². The SMILES string of the molecule is CCCNc1nccn1C1CCOC(C)(C)C1. The van der Waals surface area contributed by atoms with E-state index in [4.69, 9.17) is 4.74 Å². The van der Waals surface area contributed by atoms with Gasteiger partial charge in [-0.2, -0.15) is 0 Å². The molecule has 96 valence electrons. The van der Waals surface area contributed by atoms with Gasteiger partial charge in [0.05, 0.1) is 5.60 Å². The summed E-state index contributed by atoms with van der Waals surface area (Å²) < 4.78 is 8.02. The fourth-order valence-electron chi connectivity index (χ4n) is 2.42. The molecule has 0 radical (unpaired) electrons. The van der Waals surface area contributed by atoms with E-state index in [0.717, 1.165) is 38.4 Å². The molecule has 0 aliphatic carbocycles. The van der Waals surface area contributed by atoms with Gasteiger partial charge in [-0.1, -0.05) is 6.92 Å². The summed E-state index contributed by atoms with van der Waals surface area (Å²) in [5.41, 5.74) is -0.0186. The van der Waals surface area contributed by atoms with Crippen molar-refractivity contribution in [1.29, 1.82) is 0 Å². The van der Waals surface area contributed by atoms with E-state index in [1.807, 2.05) is 6.20 Å². The summed E-state index contributed by atoms with van der Waals surface area (Å²) in [6, 6.07) is 0.501. The van der Waals surface area contributed by atoms with E-state index in [-0.39, 0.29) is 5.60 Å². The van der Waals surface area contributed by atoms with E-state index in [1.54, 1.807) is 0 Å². The summed E-state index contributed by atoms with van der Waals surface area (Å²) in [6.45, 7) is 8.30. The number of imidazole rings is 1. The second-order valence-electron chi connectivity index (χ2n) is 5.34. The molecule has 1 aliphatic rings. The van der Waals surface area contributed by atoms with Crippen LogP contribution in [-0.4, -0.2) is 28.3 Å². The van der Waals surface area contributed by atoms with Crippen LogP contribution >= 0.6 is 0 Å².